The van der Waals surface area contributed by atoms with Crippen LogP contribution in [0.15, 0.2) is 81.3 Å². The van der Waals surface area contributed by atoms with Crippen LogP contribution in [0.25, 0.3) is 44.6 Å². The molecule has 0 spiro atoms. The monoisotopic (exact) mass is 451 g/mol. The summed E-state index contributed by atoms with van der Waals surface area (Å²) >= 11 is 1.23. The standard InChI is InChI=1S/C25H13N3O4S/c26-13-18(10-16-6-3-5-15-4-1-2-7-20(15)16)24-27-22(14-33-24)21-12-17-11-19(28(30)31)8-9-23(17)32-25(21)29/h1-12,14H/b18-10+. The highest BCUT2D eigenvalue weighted by atomic mass is 32.1. The van der Waals surface area contributed by atoms with Crippen molar-refractivity contribution in [3.05, 3.63) is 103 Å². The summed E-state index contributed by atoms with van der Waals surface area (Å²) in [5.41, 5.74) is 1.31. The maximum absolute atomic E-state index is 12.5. The Labute approximate surface area is 190 Å². The number of non-ortho nitro benzene ring substituents is 1. The highest BCUT2D eigenvalue weighted by molar-refractivity contribution is 7.11. The summed E-state index contributed by atoms with van der Waals surface area (Å²) in [7, 11) is 0. The number of nitro benzene ring substituents is 1. The predicted octanol–water partition coefficient (Wildman–Crippen LogP) is 6.04. The minimum Gasteiger partial charge on any atom is -0.422 e. The number of rotatable bonds is 4. The van der Waals surface area contributed by atoms with Gasteiger partial charge in [0.1, 0.15) is 16.7 Å². The van der Waals surface area contributed by atoms with Gasteiger partial charge in [-0.2, -0.15) is 5.26 Å². The molecule has 7 nitrogen and oxygen atoms in total. The first-order valence-corrected chi connectivity index (χ1v) is 10.7. The highest BCUT2D eigenvalue weighted by Crippen LogP contribution is 2.30. The van der Waals surface area contributed by atoms with Crippen LogP contribution in [0.1, 0.15) is 10.6 Å². The van der Waals surface area contributed by atoms with Gasteiger partial charge in [-0.15, -0.1) is 11.3 Å². The Morgan fingerprint density at radius 3 is 2.73 bits per heavy atom. The first kappa shape index (κ1) is 20.3. The number of nitro groups is 1. The Morgan fingerprint density at radius 1 is 1.09 bits per heavy atom. The molecular formula is C25H13N3O4S. The van der Waals surface area contributed by atoms with Gasteiger partial charge < -0.3 is 4.42 Å². The second-order valence-electron chi connectivity index (χ2n) is 7.20. The van der Waals surface area contributed by atoms with Crippen LogP contribution < -0.4 is 5.63 Å². The van der Waals surface area contributed by atoms with Gasteiger partial charge in [0, 0.05) is 22.9 Å². The van der Waals surface area contributed by atoms with Crippen LogP contribution in [-0.4, -0.2) is 9.91 Å². The number of fused-ring (bicyclic) bond motifs is 2. The van der Waals surface area contributed by atoms with E-state index in [1.165, 1.54) is 35.6 Å². The van der Waals surface area contributed by atoms with Gasteiger partial charge in [0.25, 0.3) is 5.69 Å². The zero-order chi connectivity index (χ0) is 22.9. The molecule has 0 aliphatic carbocycles. The number of nitriles is 1. The van der Waals surface area contributed by atoms with Crippen molar-refractivity contribution in [2.75, 3.05) is 0 Å². The van der Waals surface area contributed by atoms with Crippen LogP contribution in [0.3, 0.4) is 0 Å². The fraction of sp³-hybridized carbons (Fsp3) is 0. The molecule has 33 heavy (non-hydrogen) atoms. The summed E-state index contributed by atoms with van der Waals surface area (Å²) in [6, 6.07) is 21.5. The molecule has 0 N–H and O–H groups in total. The molecule has 5 rings (SSSR count). The number of benzene rings is 3. The summed E-state index contributed by atoms with van der Waals surface area (Å²) < 4.78 is 5.33. The van der Waals surface area contributed by atoms with E-state index in [0.717, 1.165) is 16.3 Å². The van der Waals surface area contributed by atoms with E-state index in [0.29, 0.717) is 21.7 Å². The van der Waals surface area contributed by atoms with Crippen molar-refractivity contribution in [3.8, 4) is 17.3 Å². The number of thiazole rings is 1. The Kier molecular flexibility index (Phi) is 5.01. The third-order valence-corrected chi connectivity index (χ3v) is 6.06. The van der Waals surface area contributed by atoms with Crippen molar-refractivity contribution in [1.29, 1.82) is 5.26 Å². The van der Waals surface area contributed by atoms with E-state index in [2.05, 4.69) is 11.1 Å². The summed E-state index contributed by atoms with van der Waals surface area (Å²) in [5.74, 6) is 0. The van der Waals surface area contributed by atoms with Gasteiger partial charge in [0.05, 0.1) is 21.8 Å². The molecule has 0 aliphatic heterocycles. The molecular weight excluding hydrogens is 438 g/mol. The molecule has 158 valence electrons. The lowest BCUT2D eigenvalue weighted by Gasteiger charge is -2.02. The number of aromatic nitrogens is 1. The van der Waals surface area contributed by atoms with E-state index >= 15 is 0 Å². The van der Waals surface area contributed by atoms with Crippen molar-refractivity contribution in [2.45, 2.75) is 0 Å². The van der Waals surface area contributed by atoms with E-state index in [1.54, 1.807) is 11.5 Å². The quantitative estimate of drug-likeness (QED) is 0.143. The SMILES string of the molecule is N#C/C(=C\c1cccc2ccccc12)c1nc(-c2cc3cc([N+](=O)[O-])ccc3oc2=O)cs1. The summed E-state index contributed by atoms with van der Waals surface area (Å²) in [6.07, 6.45) is 1.77. The Morgan fingerprint density at radius 2 is 1.91 bits per heavy atom. The Bertz CT molecular complexity index is 1690. The normalized spacial score (nSPS) is 11.5. The molecule has 5 aromatic rings. The molecule has 0 saturated heterocycles. The van der Waals surface area contributed by atoms with Gasteiger partial charge >= 0.3 is 5.63 Å². The molecule has 2 heterocycles. The fourth-order valence-corrected chi connectivity index (χ4v) is 4.38. The average molecular weight is 451 g/mol. The molecule has 0 radical (unpaired) electrons. The topological polar surface area (TPSA) is 110 Å². The lowest BCUT2D eigenvalue weighted by Crippen LogP contribution is -2.03. The van der Waals surface area contributed by atoms with Crippen molar-refractivity contribution in [1.82, 2.24) is 4.98 Å². The van der Waals surface area contributed by atoms with Crippen LogP contribution >= 0.6 is 11.3 Å². The number of hydrogen-bond acceptors (Lipinski definition) is 7. The smallest absolute Gasteiger partial charge is 0.345 e. The van der Waals surface area contributed by atoms with Crippen molar-refractivity contribution < 1.29 is 9.34 Å². The first-order valence-electron chi connectivity index (χ1n) is 9.81. The Hall–Kier alpha value is -4.61. The average Bonchev–Trinajstić information content (AvgIpc) is 3.31. The second kappa shape index (κ2) is 8.15. The highest BCUT2D eigenvalue weighted by Gasteiger charge is 2.16. The molecule has 0 amide bonds. The van der Waals surface area contributed by atoms with Crippen LogP contribution in [-0.2, 0) is 0 Å². The van der Waals surface area contributed by atoms with E-state index in [9.17, 15) is 20.2 Å². The molecule has 2 aromatic heterocycles. The lowest BCUT2D eigenvalue weighted by molar-refractivity contribution is -0.384. The minimum absolute atomic E-state index is 0.106. The molecule has 8 heteroatoms. The molecule has 3 aromatic carbocycles. The van der Waals surface area contributed by atoms with E-state index in [4.69, 9.17) is 4.42 Å². The van der Waals surface area contributed by atoms with Crippen molar-refractivity contribution >= 4 is 50.4 Å². The zero-order valence-corrected chi connectivity index (χ0v) is 17.7. The molecule has 0 aliphatic rings. The van der Waals surface area contributed by atoms with E-state index in [-0.39, 0.29) is 16.8 Å². The summed E-state index contributed by atoms with van der Waals surface area (Å²) in [4.78, 5) is 27.6. The Balaban J connectivity index is 1.58. The van der Waals surface area contributed by atoms with Gasteiger partial charge in [-0.3, -0.25) is 10.1 Å². The van der Waals surface area contributed by atoms with Gasteiger partial charge in [0.15, 0.2) is 0 Å². The van der Waals surface area contributed by atoms with Crippen molar-refractivity contribution in [3.63, 3.8) is 0 Å². The summed E-state index contributed by atoms with van der Waals surface area (Å²) in [6.45, 7) is 0. The number of allylic oxidation sites excluding steroid dienone is 1. The van der Waals surface area contributed by atoms with Crippen LogP contribution in [0.5, 0.6) is 0 Å². The number of hydrogen-bond donors (Lipinski definition) is 0. The van der Waals surface area contributed by atoms with Crippen LogP contribution in [0, 0.1) is 21.4 Å². The van der Waals surface area contributed by atoms with Crippen LogP contribution in [0.2, 0.25) is 0 Å². The predicted molar refractivity (Wildman–Crippen MR) is 128 cm³/mol. The molecule has 0 unspecified atom stereocenters. The van der Waals surface area contributed by atoms with E-state index < -0.39 is 10.5 Å². The third-order valence-electron chi connectivity index (χ3n) is 5.18. The molecule has 0 fully saturated rings. The third kappa shape index (κ3) is 3.78. The van der Waals surface area contributed by atoms with Gasteiger partial charge in [-0.1, -0.05) is 42.5 Å². The fourth-order valence-electron chi connectivity index (χ4n) is 3.60. The first-order chi connectivity index (χ1) is 16.0. The van der Waals surface area contributed by atoms with Crippen LogP contribution in [0.4, 0.5) is 5.69 Å². The second-order valence-corrected chi connectivity index (χ2v) is 8.06. The lowest BCUT2D eigenvalue weighted by atomic mass is 10.0. The van der Waals surface area contributed by atoms with Gasteiger partial charge in [-0.25, -0.2) is 9.78 Å². The zero-order valence-electron chi connectivity index (χ0n) is 16.9. The van der Waals surface area contributed by atoms with Crippen molar-refractivity contribution in [2.24, 2.45) is 0 Å². The maximum atomic E-state index is 12.5. The summed E-state index contributed by atoms with van der Waals surface area (Å²) in [5, 5.41) is 25.5. The number of nitrogens with zero attached hydrogens (tertiary/aromatic N) is 3. The largest absolute Gasteiger partial charge is 0.422 e. The maximum Gasteiger partial charge on any atom is 0.345 e. The molecule has 0 saturated carbocycles. The van der Waals surface area contributed by atoms with Gasteiger partial charge in [0.2, 0.25) is 0 Å². The minimum atomic E-state index is -0.607. The molecule has 0 bridgehead atoms. The van der Waals surface area contributed by atoms with E-state index in [1.807, 2.05) is 42.5 Å². The molecule has 0 atom stereocenters. The van der Waals surface area contributed by atoms with Gasteiger partial charge in [-0.05, 0) is 34.5 Å².